The van der Waals surface area contributed by atoms with E-state index in [4.69, 9.17) is 0 Å². The molecule has 0 atom stereocenters. The topological polar surface area (TPSA) is 60.7 Å². The first-order valence-electron chi connectivity index (χ1n) is 9.87. The lowest BCUT2D eigenvalue weighted by Gasteiger charge is -2.28. The Balaban J connectivity index is 1.89. The molecule has 1 saturated carbocycles. The highest BCUT2D eigenvalue weighted by atomic mass is 19.2. The number of rotatable bonds is 6. The molecular weight excluding hydrogens is 362 g/mol. The third-order valence-electron chi connectivity index (χ3n) is 6.28. The number of hydrogen-bond donors (Lipinski definition) is 3. The summed E-state index contributed by atoms with van der Waals surface area (Å²) in [6, 6.07) is 9.78. The normalized spacial score (nSPS) is 20.4. The van der Waals surface area contributed by atoms with Crippen molar-refractivity contribution in [2.24, 2.45) is 5.92 Å². The number of halogens is 2. The predicted octanol–water partition coefficient (Wildman–Crippen LogP) is 4.14. The molecule has 1 fully saturated rings. The molecule has 3 rings (SSSR count). The highest BCUT2D eigenvalue weighted by molar-refractivity contribution is 5.65. The van der Waals surface area contributed by atoms with Gasteiger partial charge in [0, 0.05) is 5.56 Å². The Morgan fingerprint density at radius 1 is 0.821 bits per heavy atom. The molecule has 0 heterocycles. The van der Waals surface area contributed by atoms with Crippen LogP contribution >= 0.6 is 0 Å². The minimum Gasteiger partial charge on any atom is -0.395 e. The third kappa shape index (κ3) is 3.84. The Hall–Kier alpha value is -1.82. The molecule has 0 spiro atoms. The molecule has 0 aliphatic heterocycles. The summed E-state index contributed by atoms with van der Waals surface area (Å²) in [7, 11) is 0. The van der Waals surface area contributed by atoms with E-state index in [1.165, 1.54) is 0 Å². The Labute approximate surface area is 164 Å². The van der Waals surface area contributed by atoms with Gasteiger partial charge in [-0.3, -0.25) is 0 Å². The van der Waals surface area contributed by atoms with Gasteiger partial charge in [-0.1, -0.05) is 56.2 Å². The van der Waals surface area contributed by atoms with Gasteiger partial charge in [0.1, 0.15) is 0 Å². The minimum absolute atomic E-state index is 0.0707. The zero-order valence-corrected chi connectivity index (χ0v) is 16.2. The summed E-state index contributed by atoms with van der Waals surface area (Å²) in [5.41, 5.74) is 0.526. The van der Waals surface area contributed by atoms with Crippen LogP contribution in [0.25, 0.3) is 11.1 Å². The fourth-order valence-electron chi connectivity index (χ4n) is 4.10. The maximum Gasteiger partial charge on any atom is 0.166 e. The monoisotopic (exact) mass is 390 g/mol. The van der Waals surface area contributed by atoms with Gasteiger partial charge < -0.3 is 15.3 Å². The second-order valence-electron chi connectivity index (χ2n) is 8.12. The molecule has 0 aromatic heterocycles. The summed E-state index contributed by atoms with van der Waals surface area (Å²) >= 11 is 0. The van der Waals surface area contributed by atoms with E-state index in [1.807, 2.05) is 0 Å². The number of benzene rings is 2. The van der Waals surface area contributed by atoms with E-state index in [-0.39, 0.29) is 11.5 Å². The zero-order chi connectivity index (χ0) is 20.3. The highest BCUT2D eigenvalue weighted by Gasteiger charge is 2.30. The molecule has 5 heteroatoms. The fraction of sp³-hybridized carbons (Fsp3) is 0.478. The zero-order valence-electron chi connectivity index (χ0n) is 16.2. The lowest BCUT2D eigenvalue weighted by molar-refractivity contribution is 0.0641. The van der Waals surface area contributed by atoms with Gasteiger partial charge in [-0.2, -0.15) is 0 Å². The van der Waals surface area contributed by atoms with Crippen molar-refractivity contribution in [2.75, 3.05) is 19.8 Å². The van der Waals surface area contributed by atoms with Gasteiger partial charge in [-0.05, 0) is 41.4 Å². The summed E-state index contributed by atoms with van der Waals surface area (Å²) in [4.78, 5) is 0. The molecule has 2 aromatic rings. The van der Waals surface area contributed by atoms with Crippen molar-refractivity contribution >= 4 is 0 Å². The molecule has 2 aromatic carbocycles. The van der Waals surface area contributed by atoms with Crippen LogP contribution in [0, 0.1) is 17.6 Å². The van der Waals surface area contributed by atoms with E-state index >= 15 is 0 Å². The lowest BCUT2D eigenvalue weighted by Crippen LogP contribution is -2.38. The van der Waals surface area contributed by atoms with Crippen molar-refractivity contribution in [2.45, 2.75) is 43.9 Å². The molecule has 0 saturated heterocycles. The Kier molecular flexibility index (Phi) is 6.48. The molecule has 3 N–H and O–H groups in total. The average Bonchev–Trinajstić information content (AvgIpc) is 2.73. The van der Waals surface area contributed by atoms with Crippen LogP contribution < -0.4 is 0 Å². The highest BCUT2D eigenvalue weighted by Crippen LogP contribution is 2.39. The molecule has 28 heavy (non-hydrogen) atoms. The predicted molar refractivity (Wildman–Crippen MR) is 105 cm³/mol. The number of aliphatic hydroxyl groups excluding tert-OH is 3. The summed E-state index contributed by atoms with van der Waals surface area (Å²) in [5, 5.41) is 28.6. The summed E-state index contributed by atoms with van der Waals surface area (Å²) < 4.78 is 29.6. The molecule has 1 aliphatic carbocycles. The van der Waals surface area contributed by atoms with Crippen LogP contribution in [-0.2, 0) is 5.41 Å². The molecule has 0 unspecified atom stereocenters. The van der Waals surface area contributed by atoms with Gasteiger partial charge in [0.15, 0.2) is 11.6 Å². The Bertz CT molecular complexity index is 784. The van der Waals surface area contributed by atoms with Gasteiger partial charge in [0.05, 0.1) is 25.2 Å². The molecule has 0 radical (unpaired) electrons. The molecule has 0 amide bonds. The van der Waals surface area contributed by atoms with Crippen LogP contribution in [0.3, 0.4) is 0 Å². The Morgan fingerprint density at radius 2 is 1.39 bits per heavy atom. The van der Waals surface area contributed by atoms with Crippen LogP contribution in [0.2, 0.25) is 0 Å². The first-order valence-corrected chi connectivity index (χ1v) is 9.87. The standard InChI is InChI=1S/C23H28F2O3/c1-15-2-4-16(5-3-15)19-10-11-20(22(25)21(19)24)17-6-8-18(9-7-17)23(12-26,13-27)14-28/h6-11,15-16,26-28H,2-5,12-14H2,1H3. The molecule has 152 valence electrons. The average molecular weight is 390 g/mol. The van der Waals surface area contributed by atoms with Gasteiger partial charge in [-0.15, -0.1) is 0 Å². The van der Waals surface area contributed by atoms with Crippen LogP contribution in [0.4, 0.5) is 8.78 Å². The first-order chi connectivity index (χ1) is 13.5. The summed E-state index contributed by atoms with van der Waals surface area (Å²) in [6.07, 6.45) is 3.85. The first kappa shape index (κ1) is 20.9. The summed E-state index contributed by atoms with van der Waals surface area (Å²) in [5.74, 6) is -0.898. The van der Waals surface area contributed by atoms with Crippen molar-refractivity contribution < 1.29 is 24.1 Å². The number of aliphatic hydroxyl groups is 3. The summed E-state index contributed by atoms with van der Waals surface area (Å²) in [6.45, 7) is 0.935. The maximum absolute atomic E-state index is 14.8. The molecular formula is C23H28F2O3. The van der Waals surface area contributed by atoms with E-state index in [0.717, 1.165) is 25.7 Å². The van der Waals surface area contributed by atoms with Crippen molar-refractivity contribution in [1.82, 2.24) is 0 Å². The van der Waals surface area contributed by atoms with Gasteiger partial charge >= 0.3 is 0 Å². The van der Waals surface area contributed by atoms with Crippen molar-refractivity contribution in [3.63, 3.8) is 0 Å². The molecule has 3 nitrogen and oxygen atoms in total. The van der Waals surface area contributed by atoms with Crippen LogP contribution in [0.5, 0.6) is 0 Å². The van der Waals surface area contributed by atoms with Crippen LogP contribution in [0.15, 0.2) is 36.4 Å². The van der Waals surface area contributed by atoms with E-state index in [2.05, 4.69) is 6.92 Å². The van der Waals surface area contributed by atoms with E-state index < -0.39 is 36.9 Å². The number of hydrogen-bond acceptors (Lipinski definition) is 3. The Morgan fingerprint density at radius 3 is 1.93 bits per heavy atom. The maximum atomic E-state index is 14.8. The van der Waals surface area contributed by atoms with Crippen molar-refractivity contribution in [3.8, 4) is 11.1 Å². The SMILES string of the molecule is CC1CCC(c2ccc(-c3ccc(C(CO)(CO)CO)cc3)c(F)c2F)CC1. The van der Waals surface area contributed by atoms with E-state index in [1.54, 1.807) is 36.4 Å². The second-order valence-corrected chi connectivity index (χ2v) is 8.12. The largest absolute Gasteiger partial charge is 0.395 e. The lowest BCUT2D eigenvalue weighted by atomic mass is 9.79. The minimum atomic E-state index is -1.16. The van der Waals surface area contributed by atoms with Gasteiger partial charge in [0.2, 0.25) is 0 Å². The quantitative estimate of drug-likeness (QED) is 0.695. The molecule has 0 bridgehead atoms. The van der Waals surface area contributed by atoms with Crippen molar-refractivity contribution in [3.05, 3.63) is 59.2 Å². The smallest absolute Gasteiger partial charge is 0.166 e. The van der Waals surface area contributed by atoms with E-state index in [9.17, 15) is 24.1 Å². The molecule has 1 aliphatic rings. The van der Waals surface area contributed by atoms with Gasteiger partial charge in [0.25, 0.3) is 0 Å². The van der Waals surface area contributed by atoms with Crippen LogP contribution in [-0.4, -0.2) is 35.1 Å². The van der Waals surface area contributed by atoms with Crippen molar-refractivity contribution in [1.29, 1.82) is 0 Å². The van der Waals surface area contributed by atoms with Crippen LogP contribution in [0.1, 0.15) is 49.7 Å². The van der Waals surface area contributed by atoms with E-state index in [0.29, 0.717) is 22.6 Å². The second kappa shape index (κ2) is 8.68. The fourth-order valence-corrected chi connectivity index (χ4v) is 4.10. The third-order valence-corrected chi connectivity index (χ3v) is 6.28. The van der Waals surface area contributed by atoms with Gasteiger partial charge in [-0.25, -0.2) is 8.78 Å².